The lowest BCUT2D eigenvalue weighted by atomic mass is 9.84. The van der Waals surface area contributed by atoms with Crippen molar-refractivity contribution < 1.29 is 29.3 Å². The quantitative estimate of drug-likeness (QED) is 0.213. The molecule has 1 fully saturated rings. The Kier molecular flexibility index (Phi) is 9.20. The van der Waals surface area contributed by atoms with Gasteiger partial charge in [-0.3, -0.25) is 14.4 Å². The Hall–Kier alpha value is -5.06. The van der Waals surface area contributed by atoms with E-state index in [1.807, 2.05) is 52.8 Å². The topological polar surface area (TPSA) is 162 Å². The molecule has 2 atom stereocenters. The molecule has 2 unspecified atom stereocenters. The number of esters is 1. The second-order valence-electron chi connectivity index (χ2n) is 12.2. The number of aliphatic hydroxyl groups excluding tert-OH is 1. The molecule has 11 heteroatoms. The summed E-state index contributed by atoms with van der Waals surface area (Å²) in [5.41, 5.74) is 9.64. The smallest absolute Gasteiger partial charge is 0.310 e. The summed E-state index contributed by atoms with van der Waals surface area (Å²) >= 11 is 0. The Bertz CT molecular complexity index is 1850. The van der Waals surface area contributed by atoms with Gasteiger partial charge in [0, 0.05) is 47.8 Å². The number of allylic oxidation sites excluding steroid dienone is 11. The van der Waals surface area contributed by atoms with Crippen molar-refractivity contribution in [3.8, 4) is 0 Å². The summed E-state index contributed by atoms with van der Waals surface area (Å²) in [6.07, 6.45) is 6.32. The lowest BCUT2D eigenvalue weighted by Crippen LogP contribution is -2.28. The monoisotopic (exact) mass is 639 g/mol. The van der Waals surface area contributed by atoms with Crippen LogP contribution in [0, 0.1) is 11.8 Å². The number of ether oxygens (including phenoxy) is 1. The van der Waals surface area contributed by atoms with Crippen molar-refractivity contribution in [2.24, 2.45) is 26.8 Å². The fourth-order valence-electron chi connectivity index (χ4n) is 6.85. The number of fused-ring (bicyclic) bond motifs is 5. The van der Waals surface area contributed by atoms with Crippen LogP contribution in [0.4, 0.5) is 0 Å². The first-order chi connectivity index (χ1) is 22.3. The molecule has 47 heavy (non-hydrogen) atoms. The molecule has 0 aromatic heterocycles. The predicted molar refractivity (Wildman–Crippen MR) is 181 cm³/mol. The molecule has 0 aliphatic carbocycles. The van der Waals surface area contributed by atoms with Gasteiger partial charge in [0.05, 0.1) is 59.1 Å². The second-order valence-corrected chi connectivity index (χ2v) is 12.2. The highest BCUT2D eigenvalue weighted by molar-refractivity contribution is 6.32. The molecule has 5 rings (SSSR count). The highest BCUT2D eigenvalue weighted by Gasteiger charge is 2.40. The molecule has 246 valence electrons. The largest absolute Gasteiger partial charge is 0.512 e. The maximum absolute atomic E-state index is 13.5. The number of hydrogen-bond donors (Lipinski definition) is 4. The van der Waals surface area contributed by atoms with Gasteiger partial charge in [0.25, 0.3) is 5.91 Å². The van der Waals surface area contributed by atoms with Crippen LogP contribution < -0.4 is 10.6 Å². The first kappa shape index (κ1) is 33.3. The summed E-state index contributed by atoms with van der Waals surface area (Å²) < 4.78 is 5.10. The summed E-state index contributed by atoms with van der Waals surface area (Å²) in [6, 6.07) is 0. The summed E-state index contributed by atoms with van der Waals surface area (Å²) in [6.45, 7) is 11.4. The van der Waals surface area contributed by atoms with Crippen LogP contribution in [0.5, 0.6) is 0 Å². The number of rotatable bonds is 7. The second kappa shape index (κ2) is 13.0. The van der Waals surface area contributed by atoms with Crippen LogP contribution in [0.15, 0.2) is 106 Å². The van der Waals surface area contributed by atoms with Gasteiger partial charge >= 0.3 is 11.9 Å². The molecule has 5 heterocycles. The number of carboxylic acids is 1. The van der Waals surface area contributed by atoms with Crippen LogP contribution >= 0.6 is 0 Å². The molecule has 5 aliphatic rings. The number of carbonyl (C=O) groups is 3. The average molecular weight is 640 g/mol. The zero-order valence-corrected chi connectivity index (χ0v) is 28.1. The Balaban J connectivity index is 1.89. The highest BCUT2D eigenvalue weighted by atomic mass is 16.5. The third kappa shape index (κ3) is 5.97. The van der Waals surface area contributed by atoms with Gasteiger partial charge in [0.2, 0.25) is 0 Å². The van der Waals surface area contributed by atoms with Crippen molar-refractivity contribution >= 4 is 35.0 Å². The zero-order valence-electron chi connectivity index (χ0n) is 28.1. The van der Waals surface area contributed by atoms with Gasteiger partial charge in [-0.2, -0.15) is 0 Å². The lowest BCUT2D eigenvalue weighted by molar-refractivity contribution is -0.140. The van der Waals surface area contributed by atoms with E-state index in [1.165, 1.54) is 7.11 Å². The van der Waals surface area contributed by atoms with Crippen LogP contribution in [0.1, 0.15) is 67.2 Å². The first-order valence-electron chi connectivity index (χ1n) is 15.8. The van der Waals surface area contributed by atoms with Gasteiger partial charge in [-0.15, -0.1) is 0 Å². The molecule has 0 saturated carbocycles. The van der Waals surface area contributed by atoms with E-state index in [9.17, 15) is 24.6 Å². The SMILES string of the molecule is CCC1=C(C)C2=CC3=NC(=C(C)C3=C(C)O)C=C3NC(=C(CC(=O)OC)C4=NC(=CC1=N2)C(C)=C4C(=O)NC)C(CCC(=O)O)C3C. The standard InChI is InChI=1S/C36H41N5O6/c1-9-21-16(2)24-15-29-32(20(6)42)18(4)26(39-29)13-25-17(3)22(10-11-30(43)44)34(40-25)23(12-31(45)47-8)35-33(36(46)37-7)19(5)27(41-35)14-28(21)38-24/h13-15,17,22,40,42H,9-12H2,1-8H3,(H,37,46)(H,43,44). The summed E-state index contributed by atoms with van der Waals surface area (Å²) in [7, 11) is 2.84. The fourth-order valence-corrected chi connectivity index (χ4v) is 6.85. The van der Waals surface area contributed by atoms with Crippen molar-refractivity contribution in [3.63, 3.8) is 0 Å². The number of carbonyl (C=O) groups excluding carboxylic acids is 2. The van der Waals surface area contributed by atoms with E-state index in [-0.39, 0.29) is 42.8 Å². The number of hydrogen-bond acceptors (Lipinski definition) is 9. The van der Waals surface area contributed by atoms with Crippen molar-refractivity contribution in [1.82, 2.24) is 10.6 Å². The average Bonchev–Trinajstić information content (AvgIpc) is 3.71. The minimum absolute atomic E-state index is 0.104. The maximum atomic E-state index is 13.5. The molecule has 11 nitrogen and oxygen atoms in total. The van der Waals surface area contributed by atoms with Crippen LogP contribution in [-0.2, 0) is 19.1 Å². The van der Waals surface area contributed by atoms with E-state index in [1.54, 1.807) is 14.0 Å². The molecular formula is C36H41N5O6. The molecule has 8 bridgehead atoms. The molecule has 0 radical (unpaired) electrons. The molecule has 0 aromatic rings. The summed E-state index contributed by atoms with van der Waals surface area (Å²) in [4.78, 5) is 53.2. The number of likely N-dealkylation sites (N-methyl/N-ethyl adjacent to an activating group) is 1. The Morgan fingerprint density at radius 2 is 1.64 bits per heavy atom. The lowest BCUT2D eigenvalue weighted by Gasteiger charge is -2.19. The number of nitrogens with zero attached hydrogens (tertiary/aromatic N) is 3. The van der Waals surface area contributed by atoms with Crippen LogP contribution in [-0.4, -0.2) is 59.4 Å². The Morgan fingerprint density at radius 1 is 0.957 bits per heavy atom. The van der Waals surface area contributed by atoms with Crippen molar-refractivity contribution in [2.75, 3.05) is 14.2 Å². The van der Waals surface area contributed by atoms with E-state index >= 15 is 0 Å². The molecule has 0 aromatic carbocycles. The minimum Gasteiger partial charge on any atom is -0.512 e. The first-order valence-corrected chi connectivity index (χ1v) is 15.8. The van der Waals surface area contributed by atoms with Gasteiger partial charge < -0.3 is 25.6 Å². The van der Waals surface area contributed by atoms with Crippen molar-refractivity contribution in [3.05, 3.63) is 91.5 Å². The van der Waals surface area contributed by atoms with Crippen molar-refractivity contribution in [1.29, 1.82) is 0 Å². The maximum Gasteiger partial charge on any atom is 0.310 e. The number of methoxy groups -OCH3 is 1. The number of aliphatic imine (C=N–C) groups is 3. The summed E-state index contributed by atoms with van der Waals surface area (Å²) in [5, 5.41) is 26.6. The Labute approximate surface area is 274 Å². The number of carboxylic acid groups (broad SMARTS) is 1. The Morgan fingerprint density at radius 3 is 2.26 bits per heavy atom. The predicted octanol–water partition coefficient (Wildman–Crippen LogP) is 5.45. The number of aliphatic carboxylic acids is 1. The molecule has 0 spiro atoms. The van der Waals surface area contributed by atoms with E-state index in [0.29, 0.717) is 68.6 Å². The van der Waals surface area contributed by atoms with Crippen LogP contribution in [0.2, 0.25) is 0 Å². The van der Waals surface area contributed by atoms with Gasteiger partial charge in [-0.1, -0.05) is 13.8 Å². The molecule has 1 saturated heterocycles. The molecule has 5 aliphatic heterocycles. The number of nitrogens with one attached hydrogen (secondary N) is 2. The van der Waals surface area contributed by atoms with E-state index in [2.05, 4.69) is 10.6 Å². The van der Waals surface area contributed by atoms with Gasteiger partial charge in [-0.25, -0.2) is 15.0 Å². The molecular weight excluding hydrogens is 598 g/mol. The third-order valence-electron chi connectivity index (χ3n) is 9.45. The van der Waals surface area contributed by atoms with Gasteiger partial charge in [0.15, 0.2) is 0 Å². The van der Waals surface area contributed by atoms with E-state index < -0.39 is 11.9 Å². The van der Waals surface area contributed by atoms with Crippen molar-refractivity contribution in [2.45, 2.75) is 67.2 Å². The van der Waals surface area contributed by atoms with Gasteiger partial charge in [-0.05, 0) is 81.1 Å². The molecule has 1 amide bonds. The fraction of sp³-hybridized carbons (Fsp3) is 0.389. The zero-order chi connectivity index (χ0) is 34.3. The molecule has 4 N–H and O–H groups in total. The van der Waals surface area contributed by atoms with Crippen LogP contribution in [0.3, 0.4) is 0 Å². The van der Waals surface area contributed by atoms with E-state index in [4.69, 9.17) is 19.7 Å². The van der Waals surface area contributed by atoms with Gasteiger partial charge in [0.1, 0.15) is 0 Å². The summed E-state index contributed by atoms with van der Waals surface area (Å²) in [5.74, 6) is -2.26. The highest BCUT2D eigenvalue weighted by Crippen LogP contribution is 2.43. The number of aliphatic hydroxyl groups is 1. The van der Waals surface area contributed by atoms with E-state index in [0.717, 1.165) is 22.4 Å². The normalized spacial score (nSPS) is 23.2. The third-order valence-corrected chi connectivity index (χ3v) is 9.45. The number of amides is 1. The van der Waals surface area contributed by atoms with Crippen LogP contribution in [0.25, 0.3) is 0 Å². The minimum atomic E-state index is -0.942.